The van der Waals surface area contributed by atoms with Gasteiger partial charge in [-0.1, -0.05) is 6.92 Å². The number of piperidine rings is 1. The highest BCUT2D eigenvalue weighted by atomic mass is 16.3. The fourth-order valence-electron chi connectivity index (χ4n) is 1.21. The van der Waals surface area contributed by atoms with Crippen LogP contribution < -0.4 is 5.32 Å². The predicted molar refractivity (Wildman–Crippen MR) is 37.3 cm³/mol. The Morgan fingerprint density at radius 1 is 1.56 bits per heavy atom. The molecule has 0 aromatic heterocycles. The molecular weight excluding hydrogens is 114 g/mol. The fraction of sp³-hybridized carbons (Fsp3) is 1.00. The van der Waals surface area contributed by atoms with Gasteiger partial charge in [-0.3, -0.25) is 0 Å². The lowest BCUT2D eigenvalue weighted by molar-refractivity contribution is 0.203. The van der Waals surface area contributed by atoms with Crippen LogP contribution in [0.25, 0.3) is 0 Å². The Morgan fingerprint density at radius 3 is 2.78 bits per heavy atom. The van der Waals surface area contributed by atoms with Crippen LogP contribution in [0.1, 0.15) is 19.8 Å². The van der Waals surface area contributed by atoms with Crippen molar-refractivity contribution in [2.75, 3.05) is 13.2 Å². The summed E-state index contributed by atoms with van der Waals surface area (Å²) in [5.41, 5.74) is 0. The molecule has 0 aromatic carbocycles. The summed E-state index contributed by atoms with van der Waals surface area (Å²) in [5, 5.41) is 12.0. The molecule has 54 valence electrons. The van der Waals surface area contributed by atoms with Gasteiger partial charge in [0.1, 0.15) is 0 Å². The van der Waals surface area contributed by atoms with Crippen LogP contribution >= 0.6 is 0 Å². The summed E-state index contributed by atoms with van der Waals surface area (Å²) in [6.45, 7) is 3.61. The van der Waals surface area contributed by atoms with E-state index in [1.807, 2.05) is 0 Å². The van der Waals surface area contributed by atoms with Crippen LogP contribution in [0.3, 0.4) is 0 Å². The maximum absolute atomic E-state index is 8.71. The number of nitrogens with one attached hydrogen (secondary N) is 1. The van der Waals surface area contributed by atoms with Gasteiger partial charge < -0.3 is 10.4 Å². The highest BCUT2D eigenvalue weighted by Crippen LogP contribution is 2.12. The van der Waals surface area contributed by atoms with Crippen molar-refractivity contribution in [2.45, 2.75) is 25.8 Å². The van der Waals surface area contributed by atoms with E-state index in [0.29, 0.717) is 12.6 Å². The highest BCUT2D eigenvalue weighted by molar-refractivity contribution is 4.74. The molecule has 9 heavy (non-hydrogen) atoms. The molecule has 2 nitrogen and oxygen atoms in total. The number of rotatable bonds is 1. The average Bonchev–Trinajstić information content (AvgIpc) is 1.90. The minimum Gasteiger partial charge on any atom is -0.395 e. The van der Waals surface area contributed by atoms with E-state index in [0.717, 1.165) is 18.9 Å². The summed E-state index contributed by atoms with van der Waals surface area (Å²) >= 11 is 0. The van der Waals surface area contributed by atoms with E-state index in [-0.39, 0.29) is 0 Å². The molecule has 0 saturated carbocycles. The topological polar surface area (TPSA) is 32.3 Å². The molecule has 0 spiro atoms. The molecule has 0 bridgehead atoms. The van der Waals surface area contributed by atoms with Crippen molar-refractivity contribution in [1.29, 1.82) is 0 Å². The lowest BCUT2D eigenvalue weighted by Crippen LogP contribution is -2.40. The third kappa shape index (κ3) is 1.95. The van der Waals surface area contributed by atoms with Gasteiger partial charge in [0.05, 0.1) is 6.61 Å². The van der Waals surface area contributed by atoms with E-state index in [1.54, 1.807) is 0 Å². The van der Waals surface area contributed by atoms with E-state index >= 15 is 0 Å². The minimum absolute atomic E-state index is 0.298. The molecule has 0 aromatic rings. The number of hydrogen-bond acceptors (Lipinski definition) is 2. The van der Waals surface area contributed by atoms with Gasteiger partial charge in [-0.2, -0.15) is 0 Å². The summed E-state index contributed by atoms with van der Waals surface area (Å²) in [6.07, 6.45) is 2.40. The molecule has 0 radical (unpaired) electrons. The first-order valence-electron chi connectivity index (χ1n) is 3.67. The molecule has 1 aliphatic rings. The zero-order chi connectivity index (χ0) is 6.69. The van der Waals surface area contributed by atoms with Gasteiger partial charge in [0.15, 0.2) is 0 Å². The van der Waals surface area contributed by atoms with E-state index < -0.39 is 0 Å². The van der Waals surface area contributed by atoms with Crippen LogP contribution in [-0.2, 0) is 0 Å². The number of hydrogen-bond donors (Lipinski definition) is 2. The van der Waals surface area contributed by atoms with E-state index in [2.05, 4.69) is 12.2 Å². The molecule has 0 unspecified atom stereocenters. The smallest absolute Gasteiger partial charge is 0.0584 e. The van der Waals surface area contributed by atoms with Gasteiger partial charge in [0.25, 0.3) is 0 Å². The standard InChI is InChI=1S/C7H15NO/c1-6-2-3-7(5-9)8-4-6/h6-9H,2-5H2,1H3/t6-,7-/m1/s1. The normalized spacial score (nSPS) is 36.7. The SMILES string of the molecule is C[C@@H]1CC[C@H](CO)NC1. The van der Waals surface area contributed by atoms with Crippen LogP contribution in [0, 0.1) is 5.92 Å². The molecule has 1 rings (SSSR count). The first-order chi connectivity index (χ1) is 4.33. The zero-order valence-electron chi connectivity index (χ0n) is 5.93. The second-order valence-corrected chi connectivity index (χ2v) is 2.97. The van der Waals surface area contributed by atoms with E-state index in [9.17, 15) is 0 Å². The van der Waals surface area contributed by atoms with Crippen molar-refractivity contribution >= 4 is 0 Å². The maximum atomic E-state index is 8.71. The lowest BCUT2D eigenvalue weighted by Gasteiger charge is -2.25. The highest BCUT2D eigenvalue weighted by Gasteiger charge is 2.15. The van der Waals surface area contributed by atoms with Gasteiger partial charge in [-0.15, -0.1) is 0 Å². The summed E-state index contributed by atoms with van der Waals surface area (Å²) in [7, 11) is 0. The van der Waals surface area contributed by atoms with Gasteiger partial charge in [-0.25, -0.2) is 0 Å². The van der Waals surface area contributed by atoms with Crippen LogP contribution in [-0.4, -0.2) is 24.3 Å². The molecule has 0 aliphatic carbocycles. The van der Waals surface area contributed by atoms with Crippen molar-refractivity contribution in [3.05, 3.63) is 0 Å². The quantitative estimate of drug-likeness (QED) is 0.536. The van der Waals surface area contributed by atoms with Crippen molar-refractivity contribution in [3.8, 4) is 0 Å². The molecule has 0 amide bonds. The monoisotopic (exact) mass is 129 g/mol. The zero-order valence-corrected chi connectivity index (χ0v) is 5.93. The van der Waals surface area contributed by atoms with Crippen molar-refractivity contribution in [2.24, 2.45) is 5.92 Å². The van der Waals surface area contributed by atoms with E-state index in [1.165, 1.54) is 6.42 Å². The summed E-state index contributed by atoms with van der Waals surface area (Å²) in [5.74, 6) is 0.799. The Hall–Kier alpha value is -0.0800. The molecule has 1 saturated heterocycles. The molecule has 2 heteroatoms. The van der Waals surface area contributed by atoms with Gasteiger partial charge in [-0.05, 0) is 25.3 Å². The summed E-state index contributed by atoms with van der Waals surface area (Å²) in [4.78, 5) is 0. The van der Waals surface area contributed by atoms with Crippen LogP contribution in [0.15, 0.2) is 0 Å². The van der Waals surface area contributed by atoms with Crippen molar-refractivity contribution in [3.63, 3.8) is 0 Å². The minimum atomic E-state index is 0.298. The molecule has 2 atom stereocenters. The summed E-state index contributed by atoms with van der Waals surface area (Å²) < 4.78 is 0. The second-order valence-electron chi connectivity index (χ2n) is 2.97. The largest absolute Gasteiger partial charge is 0.395 e. The lowest BCUT2D eigenvalue weighted by atomic mass is 9.97. The van der Waals surface area contributed by atoms with E-state index in [4.69, 9.17) is 5.11 Å². The molecule has 1 aliphatic heterocycles. The Bertz CT molecular complexity index is 77.0. The number of aliphatic hydroxyl groups excluding tert-OH is 1. The Labute approximate surface area is 56.3 Å². The molecule has 2 N–H and O–H groups in total. The molecular formula is C7H15NO. The first kappa shape index (κ1) is 7.03. The molecule has 1 heterocycles. The Morgan fingerprint density at radius 2 is 2.33 bits per heavy atom. The maximum Gasteiger partial charge on any atom is 0.0584 e. The van der Waals surface area contributed by atoms with Gasteiger partial charge in [0, 0.05) is 6.04 Å². The predicted octanol–water partition coefficient (Wildman–Crippen LogP) is 0.367. The first-order valence-corrected chi connectivity index (χ1v) is 3.67. The van der Waals surface area contributed by atoms with Crippen molar-refractivity contribution in [1.82, 2.24) is 5.32 Å². The molecule has 1 fully saturated rings. The number of aliphatic hydroxyl groups is 1. The second kappa shape index (κ2) is 3.18. The third-order valence-corrected chi connectivity index (χ3v) is 1.98. The average molecular weight is 129 g/mol. The Kier molecular flexibility index (Phi) is 2.49. The van der Waals surface area contributed by atoms with Crippen LogP contribution in [0.4, 0.5) is 0 Å². The van der Waals surface area contributed by atoms with Crippen LogP contribution in [0.5, 0.6) is 0 Å². The Balaban J connectivity index is 2.18. The van der Waals surface area contributed by atoms with Gasteiger partial charge >= 0.3 is 0 Å². The van der Waals surface area contributed by atoms with Gasteiger partial charge in [0.2, 0.25) is 0 Å². The fourth-order valence-corrected chi connectivity index (χ4v) is 1.21. The summed E-state index contributed by atoms with van der Waals surface area (Å²) in [6, 6.07) is 0.376. The van der Waals surface area contributed by atoms with Crippen LogP contribution in [0.2, 0.25) is 0 Å². The third-order valence-electron chi connectivity index (χ3n) is 1.98. The van der Waals surface area contributed by atoms with Crippen molar-refractivity contribution < 1.29 is 5.11 Å².